The van der Waals surface area contributed by atoms with Gasteiger partial charge in [-0.2, -0.15) is 0 Å². The van der Waals surface area contributed by atoms with Crippen LogP contribution in [0.3, 0.4) is 0 Å². The molecule has 0 heterocycles. The van der Waals surface area contributed by atoms with Crippen LogP contribution in [0, 0.1) is 0 Å². The van der Waals surface area contributed by atoms with Gasteiger partial charge in [0.15, 0.2) is 17.4 Å². The molecule has 12 heteroatoms. The Bertz CT molecular complexity index is 70.3. The summed E-state index contributed by atoms with van der Waals surface area (Å²) in [6.07, 6.45) is 0. The minimum atomic E-state index is -4.64. The maximum atomic E-state index is 8.88. The summed E-state index contributed by atoms with van der Waals surface area (Å²) in [4.78, 5) is 21.6. The van der Waals surface area contributed by atoms with Crippen LogP contribution in [0.5, 0.6) is 0 Å². The quantitative estimate of drug-likeness (QED) is 0.294. The van der Waals surface area contributed by atoms with Gasteiger partial charge in [-0.3, -0.25) is 0 Å². The number of hydrogen-bond acceptors (Lipinski definition) is 1. The van der Waals surface area contributed by atoms with Gasteiger partial charge in [-0.1, -0.05) is 0 Å². The molecular weight excluding hydrogens is 281 g/mol. The van der Waals surface area contributed by atoms with Crippen molar-refractivity contribution in [3.05, 3.63) is 0 Å². The average molecular weight is 296 g/mol. The van der Waals surface area contributed by atoms with Crippen molar-refractivity contribution in [2.24, 2.45) is 0 Å². The van der Waals surface area contributed by atoms with E-state index in [0.29, 0.717) is 0 Å². The van der Waals surface area contributed by atoms with Crippen molar-refractivity contribution in [2.75, 3.05) is 0 Å². The maximum Gasteiger partial charge on any atom is 1.00 e. The van der Waals surface area contributed by atoms with Gasteiger partial charge < -0.3 is 38.0 Å². The zero-order chi connectivity index (χ0) is 4.50. The molecule has 0 aromatic carbocycles. The first-order chi connectivity index (χ1) is 2.00. The molecular formula is H15AlFeKO8P. The first-order valence-electron chi connectivity index (χ1n) is 0.783. The monoisotopic (exact) mass is 296 g/mol. The second-order valence-electron chi connectivity index (χ2n) is 0.513. The molecule has 12 heavy (non-hydrogen) atoms. The summed E-state index contributed by atoms with van der Waals surface area (Å²) in [7, 11) is -4.64. The Kier molecular flexibility index (Phi) is 150. The fraction of sp³-hybridized carbons (Fsp3) is 0. The van der Waals surface area contributed by atoms with Crippen LogP contribution in [-0.4, -0.2) is 53.9 Å². The molecule has 0 saturated heterocycles. The molecule has 0 amide bonds. The van der Waals surface area contributed by atoms with Crippen LogP contribution >= 0.6 is 7.82 Å². The Balaban J connectivity index is -0.00000000286. The first kappa shape index (κ1) is 61.8. The molecule has 0 aliphatic heterocycles. The first-order valence-corrected chi connectivity index (χ1v) is 2.35. The van der Waals surface area contributed by atoms with Crippen molar-refractivity contribution < 1.29 is 111 Å². The van der Waals surface area contributed by atoms with E-state index in [1.54, 1.807) is 0 Å². The Morgan fingerprint density at radius 1 is 0.917 bits per heavy atom. The zero-order valence-electron chi connectivity index (χ0n) is 6.55. The Labute approximate surface area is 134 Å². The van der Waals surface area contributed by atoms with Gasteiger partial charge >= 0.3 is 59.2 Å². The summed E-state index contributed by atoms with van der Waals surface area (Å²) in [5.74, 6) is 0. The van der Waals surface area contributed by atoms with E-state index >= 15 is 0 Å². The zero-order valence-corrected chi connectivity index (χ0v) is 10.7. The standard InChI is InChI=1S/Al.Fe.K.H3O4P.4H2O.4H/c;;;1-5(2,3)4;;;;;;;;/h;;;(H3,1,2,3,4);4*1H2;;;;/q;;+1;;;;;;;;;-1. The molecule has 0 aliphatic carbocycles. The van der Waals surface area contributed by atoms with Crippen molar-refractivity contribution in [3.63, 3.8) is 0 Å². The van der Waals surface area contributed by atoms with Gasteiger partial charge in [0.25, 0.3) is 0 Å². The maximum absolute atomic E-state index is 8.88. The number of phosphoric acid groups is 1. The van der Waals surface area contributed by atoms with Gasteiger partial charge in [-0.15, -0.1) is 0 Å². The topological polar surface area (TPSA) is 204 Å². The summed E-state index contributed by atoms with van der Waals surface area (Å²) < 4.78 is 8.88. The second-order valence-corrected chi connectivity index (χ2v) is 1.54. The summed E-state index contributed by atoms with van der Waals surface area (Å²) >= 11 is 0. The number of hydrogen-bond donors (Lipinski definition) is 3. The molecule has 0 rings (SSSR count). The summed E-state index contributed by atoms with van der Waals surface area (Å²) in [6.45, 7) is 0. The predicted molar refractivity (Wildman–Crippen MR) is 39.8 cm³/mol. The molecule has 0 spiro atoms. The minimum absolute atomic E-state index is 0. The molecule has 0 unspecified atom stereocenters. The molecule has 0 fully saturated rings. The van der Waals surface area contributed by atoms with Gasteiger partial charge in [-0.05, 0) is 0 Å². The minimum Gasteiger partial charge on any atom is -1.00 e. The Morgan fingerprint density at radius 2 is 0.917 bits per heavy atom. The van der Waals surface area contributed by atoms with Crippen molar-refractivity contribution in [1.82, 2.24) is 0 Å². The van der Waals surface area contributed by atoms with Crippen LogP contribution in [0.2, 0.25) is 0 Å². The van der Waals surface area contributed by atoms with Crippen LogP contribution in [0.4, 0.5) is 0 Å². The van der Waals surface area contributed by atoms with Crippen molar-refractivity contribution in [3.8, 4) is 0 Å². The van der Waals surface area contributed by atoms with Gasteiger partial charge in [0.05, 0.1) is 0 Å². The molecule has 8 nitrogen and oxygen atoms in total. The molecule has 11 N–H and O–H groups in total. The van der Waals surface area contributed by atoms with Crippen molar-refractivity contribution in [1.29, 1.82) is 0 Å². The van der Waals surface area contributed by atoms with Crippen molar-refractivity contribution >= 4 is 25.2 Å². The third-order valence-corrected chi connectivity index (χ3v) is 0. The van der Waals surface area contributed by atoms with Gasteiger partial charge in [0.2, 0.25) is 0 Å². The molecule has 0 saturated carbocycles. The normalized spacial score (nSPS) is 4.92. The van der Waals surface area contributed by atoms with Crippen LogP contribution in [0.25, 0.3) is 0 Å². The van der Waals surface area contributed by atoms with Gasteiger partial charge in [0.1, 0.15) is 0 Å². The summed E-state index contributed by atoms with van der Waals surface area (Å²) in [5.41, 5.74) is 0. The molecule has 0 atom stereocenters. The molecule has 0 aliphatic rings. The summed E-state index contributed by atoms with van der Waals surface area (Å²) in [6, 6.07) is 0. The number of rotatable bonds is 0. The van der Waals surface area contributed by atoms with E-state index in [-0.39, 0.29) is 109 Å². The SMILES string of the molecule is O.O.O.O.O=P(O)(O)O.[AlH3].[Fe].[H-].[K+]. The van der Waals surface area contributed by atoms with Gasteiger partial charge in [-0.25, -0.2) is 4.57 Å². The van der Waals surface area contributed by atoms with Crippen LogP contribution in [0.15, 0.2) is 0 Å². The van der Waals surface area contributed by atoms with E-state index in [1.807, 2.05) is 0 Å². The third-order valence-electron chi connectivity index (χ3n) is 0. The van der Waals surface area contributed by atoms with E-state index in [0.717, 1.165) is 0 Å². The fourth-order valence-electron chi connectivity index (χ4n) is 0. The molecule has 0 bridgehead atoms. The van der Waals surface area contributed by atoms with E-state index in [2.05, 4.69) is 0 Å². The molecule has 0 aromatic heterocycles. The Morgan fingerprint density at radius 3 is 0.917 bits per heavy atom. The van der Waals surface area contributed by atoms with E-state index < -0.39 is 7.82 Å². The predicted octanol–water partition coefficient (Wildman–Crippen LogP) is -8.30. The van der Waals surface area contributed by atoms with Crippen LogP contribution in [-0.2, 0) is 21.6 Å². The largest absolute Gasteiger partial charge is 1.00 e. The second kappa shape index (κ2) is 29.2. The van der Waals surface area contributed by atoms with Gasteiger partial charge in [0, 0.05) is 17.1 Å². The van der Waals surface area contributed by atoms with E-state index in [9.17, 15) is 0 Å². The average Bonchev–Trinajstić information content (AvgIpc) is 0.722. The van der Waals surface area contributed by atoms with Crippen molar-refractivity contribution in [2.45, 2.75) is 0 Å². The fourth-order valence-corrected chi connectivity index (χ4v) is 0. The molecule has 0 aromatic rings. The summed E-state index contributed by atoms with van der Waals surface area (Å²) in [5, 5.41) is 0. The molecule has 80 valence electrons. The van der Waals surface area contributed by atoms with E-state index in [1.165, 1.54) is 0 Å². The smallest absolute Gasteiger partial charge is 1.00 e. The van der Waals surface area contributed by atoms with Crippen LogP contribution < -0.4 is 51.4 Å². The Hall–Kier alpha value is 2.64. The van der Waals surface area contributed by atoms with E-state index in [4.69, 9.17) is 19.2 Å². The molecule has 0 radical (unpaired) electrons. The third kappa shape index (κ3) is 246. The van der Waals surface area contributed by atoms with Crippen LogP contribution in [0.1, 0.15) is 1.43 Å².